The van der Waals surface area contributed by atoms with Gasteiger partial charge in [-0.1, -0.05) is 32.0 Å². The van der Waals surface area contributed by atoms with Gasteiger partial charge < -0.3 is 15.4 Å². The summed E-state index contributed by atoms with van der Waals surface area (Å²) in [5.74, 6) is 0.657. The first kappa shape index (κ1) is 20.2. The number of para-hydroxylation sites is 1. The van der Waals surface area contributed by atoms with Crippen LogP contribution in [0, 0.1) is 6.92 Å². The Balaban J connectivity index is 1.57. The second kappa shape index (κ2) is 9.61. The highest BCUT2D eigenvalue weighted by atomic mass is 16.5. The number of aryl methyl sites for hydroxylation is 1. The number of ether oxygens (including phenoxy) is 1. The Morgan fingerprint density at radius 3 is 2.61 bits per heavy atom. The Bertz CT molecular complexity index is 786. The number of carbonyl (C=O) groups is 1. The van der Waals surface area contributed by atoms with Gasteiger partial charge in [0.25, 0.3) is 5.91 Å². The van der Waals surface area contributed by atoms with Crippen molar-refractivity contribution in [3.05, 3.63) is 47.3 Å². The lowest BCUT2D eigenvalue weighted by Gasteiger charge is -2.26. The highest BCUT2D eigenvalue weighted by Gasteiger charge is 2.14. The molecule has 0 radical (unpaired) electrons. The number of amides is 1. The first-order valence-corrected chi connectivity index (χ1v) is 9.81. The molecule has 0 unspecified atom stereocenters. The Morgan fingerprint density at radius 2 is 1.93 bits per heavy atom. The smallest absolute Gasteiger partial charge is 0.258 e. The average molecular weight is 383 g/mol. The van der Waals surface area contributed by atoms with Crippen molar-refractivity contribution in [2.24, 2.45) is 0 Å². The number of anilines is 2. The number of aromatic nitrogens is 2. The second-order valence-corrected chi connectivity index (χ2v) is 7.32. The van der Waals surface area contributed by atoms with E-state index in [4.69, 9.17) is 4.74 Å². The molecule has 0 spiro atoms. The minimum absolute atomic E-state index is 0.198. The van der Waals surface area contributed by atoms with Gasteiger partial charge in [0.05, 0.1) is 18.8 Å². The number of nitrogens with zero attached hydrogens (tertiary/aromatic N) is 3. The van der Waals surface area contributed by atoms with Crippen molar-refractivity contribution in [1.82, 2.24) is 14.9 Å². The zero-order chi connectivity index (χ0) is 19.9. The molecule has 28 heavy (non-hydrogen) atoms. The molecule has 150 valence electrons. The summed E-state index contributed by atoms with van der Waals surface area (Å²) in [5.41, 5.74) is 3.48. The predicted octanol–water partition coefficient (Wildman–Crippen LogP) is 2.90. The van der Waals surface area contributed by atoms with Crippen LogP contribution in [0.15, 0.2) is 30.6 Å². The van der Waals surface area contributed by atoms with Crippen molar-refractivity contribution in [3.8, 4) is 0 Å². The van der Waals surface area contributed by atoms with Gasteiger partial charge in [0.15, 0.2) is 0 Å². The zero-order valence-corrected chi connectivity index (χ0v) is 16.9. The van der Waals surface area contributed by atoms with Crippen molar-refractivity contribution in [1.29, 1.82) is 0 Å². The molecule has 1 saturated heterocycles. The lowest BCUT2D eigenvalue weighted by Crippen LogP contribution is -2.39. The third-order valence-electron chi connectivity index (χ3n) is 4.89. The van der Waals surface area contributed by atoms with Gasteiger partial charge in [-0.15, -0.1) is 0 Å². The van der Waals surface area contributed by atoms with Gasteiger partial charge in [-0.2, -0.15) is 0 Å². The maximum Gasteiger partial charge on any atom is 0.258 e. The standard InChI is InChI=1S/C21H29N5O2/c1-15(2)18-6-4-5-16(3)19(18)25-20(27)17-13-23-21(24-14-17)22-7-8-26-9-11-28-12-10-26/h4-6,13-15H,7-12H2,1-3H3,(H,25,27)(H,22,23,24). The van der Waals surface area contributed by atoms with Crippen LogP contribution in [-0.4, -0.2) is 60.2 Å². The minimum Gasteiger partial charge on any atom is -0.379 e. The average Bonchev–Trinajstić information content (AvgIpc) is 2.70. The molecule has 1 aromatic carbocycles. The Hall–Kier alpha value is -2.51. The number of benzene rings is 1. The number of nitrogens with one attached hydrogen (secondary N) is 2. The van der Waals surface area contributed by atoms with E-state index in [1.807, 2.05) is 25.1 Å². The van der Waals surface area contributed by atoms with Crippen LogP contribution in [0.25, 0.3) is 0 Å². The Labute approximate surface area is 166 Å². The van der Waals surface area contributed by atoms with Crippen LogP contribution in [0.2, 0.25) is 0 Å². The molecule has 2 N–H and O–H groups in total. The second-order valence-electron chi connectivity index (χ2n) is 7.32. The third kappa shape index (κ3) is 5.27. The molecule has 0 bridgehead atoms. The number of carbonyl (C=O) groups excluding carboxylic acids is 1. The van der Waals surface area contributed by atoms with Gasteiger partial charge in [0.2, 0.25) is 5.95 Å². The third-order valence-corrected chi connectivity index (χ3v) is 4.89. The quantitative estimate of drug-likeness (QED) is 0.765. The van der Waals surface area contributed by atoms with Gasteiger partial charge in [-0.05, 0) is 24.0 Å². The summed E-state index contributed by atoms with van der Waals surface area (Å²) in [4.78, 5) is 23.5. The minimum atomic E-state index is -0.198. The summed E-state index contributed by atoms with van der Waals surface area (Å²) in [7, 11) is 0. The fourth-order valence-electron chi connectivity index (χ4n) is 3.22. The predicted molar refractivity (Wildman–Crippen MR) is 111 cm³/mol. The van der Waals surface area contributed by atoms with E-state index in [2.05, 4.69) is 39.3 Å². The van der Waals surface area contributed by atoms with E-state index in [0.29, 0.717) is 17.4 Å². The van der Waals surface area contributed by atoms with E-state index in [-0.39, 0.29) is 5.91 Å². The maximum absolute atomic E-state index is 12.6. The Morgan fingerprint density at radius 1 is 1.21 bits per heavy atom. The van der Waals surface area contributed by atoms with E-state index in [1.54, 1.807) is 12.4 Å². The van der Waals surface area contributed by atoms with E-state index >= 15 is 0 Å². The molecule has 1 aliphatic heterocycles. The van der Waals surface area contributed by atoms with E-state index in [0.717, 1.165) is 56.2 Å². The first-order valence-electron chi connectivity index (χ1n) is 9.81. The summed E-state index contributed by atoms with van der Waals surface area (Å²) >= 11 is 0. The molecule has 2 aromatic rings. The summed E-state index contributed by atoms with van der Waals surface area (Å²) in [6, 6.07) is 6.06. The fourth-order valence-corrected chi connectivity index (χ4v) is 3.22. The van der Waals surface area contributed by atoms with Crippen molar-refractivity contribution in [3.63, 3.8) is 0 Å². The van der Waals surface area contributed by atoms with Crippen molar-refractivity contribution in [2.45, 2.75) is 26.7 Å². The van der Waals surface area contributed by atoms with Crippen molar-refractivity contribution < 1.29 is 9.53 Å². The number of hydrogen-bond acceptors (Lipinski definition) is 6. The number of rotatable bonds is 7. The van der Waals surface area contributed by atoms with Gasteiger partial charge in [0, 0.05) is 44.3 Å². The molecule has 0 atom stereocenters. The molecule has 0 aliphatic carbocycles. The summed E-state index contributed by atoms with van der Waals surface area (Å²) in [6.45, 7) is 11.4. The number of morpholine rings is 1. The molecule has 7 nitrogen and oxygen atoms in total. The lowest BCUT2D eigenvalue weighted by molar-refractivity contribution is 0.0398. The fraction of sp³-hybridized carbons (Fsp3) is 0.476. The van der Waals surface area contributed by atoms with Gasteiger partial charge in [-0.25, -0.2) is 9.97 Å². The highest BCUT2D eigenvalue weighted by molar-refractivity contribution is 6.04. The van der Waals surface area contributed by atoms with E-state index in [1.165, 1.54) is 0 Å². The molecule has 1 fully saturated rings. The number of hydrogen-bond donors (Lipinski definition) is 2. The monoisotopic (exact) mass is 383 g/mol. The van der Waals surface area contributed by atoms with Crippen molar-refractivity contribution >= 4 is 17.5 Å². The molecule has 0 saturated carbocycles. The summed E-state index contributed by atoms with van der Waals surface area (Å²) in [6.07, 6.45) is 3.12. The highest BCUT2D eigenvalue weighted by Crippen LogP contribution is 2.27. The largest absolute Gasteiger partial charge is 0.379 e. The van der Waals surface area contributed by atoms with E-state index in [9.17, 15) is 4.79 Å². The van der Waals surface area contributed by atoms with Crippen LogP contribution in [0.5, 0.6) is 0 Å². The molecule has 3 rings (SSSR count). The van der Waals surface area contributed by atoms with Crippen LogP contribution < -0.4 is 10.6 Å². The maximum atomic E-state index is 12.6. The SMILES string of the molecule is Cc1cccc(C(C)C)c1NC(=O)c1cnc(NCCN2CCOCC2)nc1. The van der Waals surface area contributed by atoms with Gasteiger partial charge in [-0.3, -0.25) is 9.69 Å². The van der Waals surface area contributed by atoms with Gasteiger partial charge >= 0.3 is 0 Å². The first-order chi connectivity index (χ1) is 13.5. The van der Waals surface area contributed by atoms with Crippen LogP contribution in [0.3, 0.4) is 0 Å². The molecule has 2 heterocycles. The molecular formula is C21H29N5O2. The van der Waals surface area contributed by atoms with Crippen LogP contribution in [0.4, 0.5) is 11.6 Å². The van der Waals surface area contributed by atoms with Crippen molar-refractivity contribution in [2.75, 3.05) is 50.0 Å². The summed E-state index contributed by atoms with van der Waals surface area (Å²) in [5, 5.41) is 6.23. The molecule has 1 aromatic heterocycles. The molecule has 1 amide bonds. The molecule has 1 aliphatic rings. The summed E-state index contributed by atoms with van der Waals surface area (Å²) < 4.78 is 5.35. The van der Waals surface area contributed by atoms with Crippen LogP contribution >= 0.6 is 0 Å². The molecule has 7 heteroatoms. The Kier molecular flexibility index (Phi) is 6.95. The topological polar surface area (TPSA) is 79.4 Å². The molecular weight excluding hydrogens is 354 g/mol. The normalized spacial score (nSPS) is 14.9. The van der Waals surface area contributed by atoms with Crippen LogP contribution in [-0.2, 0) is 4.74 Å². The van der Waals surface area contributed by atoms with E-state index < -0.39 is 0 Å². The van der Waals surface area contributed by atoms with Crippen LogP contribution in [0.1, 0.15) is 41.3 Å². The van der Waals surface area contributed by atoms with Gasteiger partial charge in [0.1, 0.15) is 0 Å². The lowest BCUT2D eigenvalue weighted by atomic mass is 9.98. The zero-order valence-electron chi connectivity index (χ0n) is 16.9.